The molecule has 0 bridgehead atoms. The summed E-state index contributed by atoms with van der Waals surface area (Å²) >= 11 is 0. The maximum absolute atomic E-state index is 12.1. The van der Waals surface area contributed by atoms with Crippen molar-refractivity contribution in [2.75, 3.05) is 0 Å². The fraction of sp³-hybridized carbons (Fsp3) is 0.214. The van der Waals surface area contributed by atoms with E-state index in [1.165, 1.54) is 0 Å². The molecule has 3 aromatic rings. The third-order valence-electron chi connectivity index (χ3n) is 3.22. The summed E-state index contributed by atoms with van der Waals surface area (Å²) in [5.74, 6) is -0.100. The number of nitrogens with zero attached hydrogens (tertiary/aromatic N) is 4. The molecule has 0 atom stereocenters. The molecule has 0 fully saturated rings. The molecule has 0 aliphatic carbocycles. The van der Waals surface area contributed by atoms with Gasteiger partial charge in [-0.1, -0.05) is 6.07 Å². The Morgan fingerprint density at radius 3 is 2.85 bits per heavy atom. The zero-order valence-corrected chi connectivity index (χ0v) is 11.4. The number of benzene rings is 1. The van der Waals surface area contributed by atoms with Gasteiger partial charge in [0.2, 0.25) is 0 Å². The quantitative estimate of drug-likeness (QED) is 0.778. The molecule has 0 radical (unpaired) electrons. The normalized spacial score (nSPS) is 10.9. The number of carbonyl (C=O) groups is 1. The number of rotatable bonds is 3. The molecule has 0 saturated heterocycles. The van der Waals surface area contributed by atoms with Crippen molar-refractivity contribution in [3.63, 3.8) is 0 Å². The summed E-state index contributed by atoms with van der Waals surface area (Å²) in [7, 11) is 3.71. The predicted octanol–water partition coefficient (Wildman–Crippen LogP) is 1.24. The lowest BCUT2D eigenvalue weighted by Crippen LogP contribution is -2.22. The van der Waals surface area contributed by atoms with Crippen molar-refractivity contribution in [3.05, 3.63) is 47.9 Å². The minimum atomic E-state index is -0.100. The van der Waals surface area contributed by atoms with Crippen molar-refractivity contribution < 1.29 is 4.79 Å². The molecule has 0 aliphatic rings. The van der Waals surface area contributed by atoms with Gasteiger partial charge >= 0.3 is 0 Å². The Balaban J connectivity index is 1.76. The second-order valence-corrected chi connectivity index (χ2v) is 4.75. The molecule has 1 amide bonds. The van der Waals surface area contributed by atoms with Crippen LogP contribution in [0.1, 0.15) is 15.9 Å². The Bertz CT molecular complexity index is 771. The molecule has 1 N–H and O–H groups in total. The Hall–Kier alpha value is -2.63. The molecule has 1 aromatic carbocycles. The fourth-order valence-corrected chi connectivity index (χ4v) is 2.13. The zero-order valence-electron chi connectivity index (χ0n) is 11.4. The van der Waals surface area contributed by atoms with Crippen LogP contribution in [0.15, 0.2) is 36.8 Å². The van der Waals surface area contributed by atoms with Gasteiger partial charge in [-0.15, -0.1) is 0 Å². The van der Waals surface area contributed by atoms with E-state index < -0.39 is 0 Å². The average molecular weight is 269 g/mol. The summed E-state index contributed by atoms with van der Waals surface area (Å²) in [6.07, 6.45) is 5.40. The van der Waals surface area contributed by atoms with E-state index in [0.29, 0.717) is 12.1 Å². The lowest BCUT2D eigenvalue weighted by Gasteiger charge is -2.04. The van der Waals surface area contributed by atoms with Crippen molar-refractivity contribution in [2.45, 2.75) is 6.54 Å². The summed E-state index contributed by atoms with van der Waals surface area (Å²) in [4.78, 5) is 12.1. The number of hydrogen-bond acceptors (Lipinski definition) is 3. The first kappa shape index (κ1) is 12.4. The molecule has 20 heavy (non-hydrogen) atoms. The van der Waals surface area contributed by atoms with Gasteiger partial charge in [-0.3, -0.25) is 14.2 Å². The van der Waals surface area contributed by atoms with Crippen molar-refractivity contribution in [3.8, 4) is 0 Å². The van der Waals surface area contributed by atoms with Gasteiger partial charge in [0.15, 0.2) is 0 Å². The molecule has 102 valence electrons. The molecule has 6 heteroatoms. The minimum Gasteiger partial charge on any atom is -0.348 e. The van der Waals surface area contributed by atoms with Crippen molar-refractivity contribution in [2.24, 2.45) is 14.1 Å². The molecule has 3 rings (SSSR count). The van der Waals surface area contributed by atoms with Crippen LogP contribution in [0.3, 0.4) is 0 Å². The lowest BCUT2D eigenvalue weighted by atomic mass is 10.1. The Morgan fingerprint density at radius 1 is 1.25 bits per heavy atom. The van der Waals surface area contributed by atoms with Gasteiger partial charge in [-0.05, 0) is 12.1 Å². The van der Waals surface area contributed by atoms with E-state index in [9.17, 15) is 4.79 Å². The van der Waals surface area contributed by atoms with E-state index in [1.807, 2.05) is 38.5 Å². The van der Waals surface area contributed by atoms with E-state index in [4.69, 9.17) is 0 Å². The maximum Gasteiger partial charge on any atom is 0.251 e. The molecular formula is C14H15N5O. The van der Waals surface area contributed by atoms with Gasteiger partial charge < -0.3 is 5.32 Å². The van der Waals surface area contributed by atoms with Gasteiger partial charge in [0.25, 0.3) is 5.91 Å². The first-order valence-electron chi connectivity index (χ1n) is 6.31. The number of fused-ring (bicyclic) bond motifs is 1. The van der Waals surface area contributed by atoms with E-state index in [2.05, 4.69) is 15.5 Å². The summed E-state index contributed by atoms with van der Waals surface area (Å²) in [6.45, 7) is 0.468. The summed E-state index contributed by atoms with van der Waals surface area (Å²) in [5, 5.41) is 12.1. The Kier molecular flexibility index (Phi) is 2.98. The van der Waals surface area contributed by atoms with Gasteiger partial charge in [0.05, 0.1) is 17.9 Å². The standard InChI is InChI=1S/C14H15N5O/c1-18-9-10(7-16-18)6-15-14(20)11-3-4-12-8-17-19(2)13(12)5-11/h3-5,7-9H,6H2,1-2H3,(H,15,20). The van der Waals surface area contributed by atoms with Crippen LogP contribution in [0.2, 0.25) is 0 Å². The third kappa shape index (κ3) is 2.27. The van der Waals surface area contributed by atoms with E-state index >= 15 is 0 Å². The molecule has 0 saturated carbocycles. The van der Waals surface area contributed by atoms with Crippen LogP contribution in [-0.4, -0.2) is 25.5 Å². The van der Waals surface area contributed by atoms with Crippen LogP contribution >= 0.6 is 0 Å². The predicted molar refractivity (Wildman–Crippen MR) is 75.1 cm³/mol. The van der Waals surface area contributed by atoms with E-state index in [-0.39, 0.29) is 5.91 Å². The average Bonchev–Trinajstić information content (AvgIpc) is 3.03. The summed E-state index contributed by atoms with van der Waals surface area (Å²) < 4.78 is 3.47. The molecule has 0 unspecified atom stereocenters. The number of nitrogens with one attached hydrogen (secondary N) is 1. The van der Waals surface area contributed by atoms with E-state index in [0.717, 1.165) is 16.5 Å². The minimum absolute atomic E-state index is 0.100. The fourth-order valence-electron chi connectivity index (χ4n) is 2.13. The largest absolute Gasteiger partial charge is 0.348 e. The van der Waals surface area contributed by atoms with Gasteiger partial charge in [-0.2, -0.15) is 10.2 Å². The Morgan fingerprint density at radius 2 is 2.10 bits per heavy atom. The first-order valence-corrected chi connectivity index (χ1v) is 6.31. The highest BCUT2D eigenvalue weighted by Gasteiger charge is 2.08. The van der Waals surface area contributed by atoms with Gasteiger partial charge in [0.1, 0.15) is 0 Å². The van der Waals surface area contributed by atoms with Crippen LogP contribution in [0.5, 0.6) is 0 Å². The SMILES string of the molecule is Cn1cc(CNC(=O)c2ccc3cnn(C)c3c2)cn1. The molecule has 0 aliphatic heterocycles. The highest BCUT2D eigenvalue weighted by molar-refractivity contribution is 5.97. The molecule has 2 aromatic heterocycles. The lowest BCUT2D eigenvalue weighted by molar-refractivity contribution is 0.0951. The molecule has 6 nitrogen and oxygen atoms in total. The summed E-state index contributed by atoms with van der Waals surface area (Å²) in [5.41, 5.74) is 2.55. The van der Waals surface area contributed by atoms with Crippen LogP contribution in [-0.2, 0) is 20.6 Å². The van der Waals surface area contributed by atoms with Crippen LogP contribution in [0.4, 0.5) is 0 Å². The van der Waals surface area contributed by atoms with Gasteiger partial charge in [-0.25, -0.2) is 0 Å². The molecule has 0 spiro atoms. The second-order valence-electron chi connectivity index (χ2n) is 4.75. The highest BCUT2D eigenvalue weighted by Crippen LogP contribution is 2.14. The third-order valence-corrected chi connectivity index (χ3v) is 3.22. The highest BCUT2D eigenvalue weighted by atomic mass is 16.1. The monoisotopic (exact) mass is 269 g/mol. The number of carbonyl (C=O) groups excluding carboxylic acids is 1. The van der Waals surface area contributed by atoms with Crippen LogP contribution < -0.4 is 5.32 Å². The molecule has 2 heterocycles. The maximum atomic E-state index is 12.1. The smallest absolute Gasteiger partial charge is 0.251 e. The second kappa shape index (κ2) is 4.80. The van der Waals surface area contributed by atoms with E-state index in [1.54, 1.807) is 21.8 Å². The number of aryl methyl sites for hydroxylation is 2. The molecular weight excluding hydrogens is 254 g/mol. The number of aromatic nitrogens is 4. The number of amides is 1. The summed E-state index contributed by atoms with van der Waals surface area (Å²) in [6, 6.07) is 5.56. The van der Waals surface area contributed by atoms with Gasteiger partial charge in [0, 0.05) is 43.4 Å². The van der Waals surface area contributed by atoms with Crippen molar-refractivity contribution >= 4 is 16.8 Å². The van der Waals surface area contributed by atoms with Crippen LogP contribution in [0, 0.1) is 0 Å². The number of hydrogen-bond donors (Lipinski definition) is 1. The Labute approximate surface area is 116 Å². The van der Waals surface area contributed by atoms with Crippen molar-refractivity contribution in [1.29, 1.82) is 0 Å². The van der Waals surface area contributed by atoms with Crippen LogP contribution in [0.25, 0.3) is 10.9 Å². The first-order chi connectivity index (χ1) is 9.63. The zero-order chi connectivity index (χ0) is 14.1. The van der Waals surface area contributed by atoms with Crippen molar-refractivity contribution in [1.82, 2.24) is 24.9 Å². The topological polar surface area (TPSA) is 64.7 Å².